The maximum atomic E-state index is 16.2. The molecule has 0 bridgehead atoms. The molecular weight excluding hydrogens is 503 g/mol. The number of aromatic hydroxyl groups is 1. The summed E-state index contributed by atoms with van der Waals surface area (Å²) in [5.74, 6) is 0.762. The summed E-state index contributed by atoms with van der Waals surface area (Å²) in [5.41, 5.74) is 18.8. The van der Waals surface area contributed by atoms with Gasteiger partial charge in [0.15, 0.2) is 0 Å². The molecule has 0 saturated carbocycles. The van der Waals surface area contributed by atoms with E-state index < -0.39 is 12.5 Å². The molecule has 0 amide bonds. The number of aryl methyl sites for hydroxylation is 2. The lowest BCUT2D eigenvalue weighted by Crippen LogP contribution is -2.38. The molecule has 5 N–H and O–H groups in total. The fourth-order valence-electron chi connectivity index (χ4n) is 5.79. The van der Waals surface area contributed by atoms with Gasteiger partial charge in [0, 0.05) is 16.9 Å². The van der Waals surface area contributed by atoms with E-state index in [-0.39, 0.29) is 5.75 Å². The highest BCUT2D eigenvalue weighted by Crippen LogP contribution is 2.71. The first kappa shape index (κ1) is 24.8. The van der Waals surface area contributed by atoms with Gasteiger partial charge in [0.25, 0.3) is 7.37 Å². The van der Waals surface area contributed by atoms with Gasteiger partial charge < -0.3 is 21.1 Å². The fourth-order valence-corrected chi connectivity index (χ4v) is 9.06. The normalized spacial score (nSPS) is 16.2. The van der Waals surface area contributed by atoms with Crippen LogP contribution in [0.2, 0.25) is 0 Å². The van der Waals surface area contributed by atoms with Crippen molar-refractivity contribution in [2.45, 2.75) is 19.0 Å². The Morgan fingerprint density at radius 1 is 0.667 bits per heavy atom. The van der Waals surface area contributed by atoms with Crippen molar-refractivity contribution in [2.75, 3.05) is 11.5 Å². The minimum atomic E-state index is -3.89. The number of phenols is 1. The van der Waals surface area contributed by atoms with Gasteiger partial charge in [-0.2, -0.15) is 0 Å². The van der Waals surface area contributed by atoms with Crippen molar-refractivity contribution in [3.05, 3.63) is 137 Å². The molecule has 1 aliphatic rings. The van der Waals surface area contributed by atoms with Gasteiger partial charge in [-0.25, -0.2) is 0 Å². The summed E-state index contributed by atoms with van der Waals surface area (Å²) in [6.45, 7) is 3.70. The van der Waals surface area contributed by atoms with E-state index in [4.69, 9.17) is 16.0 Å². The molecule has 0 fully saturated rings. The second kappa shape index (κ2) is 9.07. The van der Waals surface area contributed by atoms with Crippen molar-refractivity contribution in [1.29, 1.82) is 0 Å². The molecular formula is C33H29N2O3P. The standard InChI is InChI=1S/C33H29N2O3P/c1-21-19-25(20-22(2)32(21)36)33(23-11-15-26(34)16-12-23,24-13-17-27(35)18-14-24)39(37)31-10-6-4-8-29(31)28-7-3-5-9-30(28)38-39/h3-20,36H,34-35H2,1-2H3. The summed E-state index contributed by atoms with van der Waals surface area (Å²) in [5, 5.41) is 10.1. The Morgan fingerprint density at radius 3 is 1.72 bits per heavy atom. The first-order valence-corrected chi connectivity index (χ1v) is 14.4. The quantitative estimate of drug-likeness (QED) is 0.130. The van der Waals surface area contributed by atoms with Crippen LogP contribution in [0.5, 0.6) is 11.5 Å². The van der Waals surface area contributed by atoms with Gasteiger partial charge in [0.1, 0.15) is 16.7 Å². The van der Waals surface area contributed by atoms with Crippen LogP contribution in [0.15, 0.2) is 109 Å². The van der Waals surface area contributed by atoms with Crippen LogP contribution in [-0.4, -0.2) is 5.11 Å². The minimum Gasteiger partial charge on any atom is -0.507 e. The Kier molecular flexibility index (Phi) is 5.78. The zero-order valence-corrected chi connectivity index (χ0v) is 22.7. The molecule has 0 radical (unpaired) electrons. The van der Waals surface area contributed by atoms with Crippen molar-refractivity contribution in [3.63, 3.8) is 0 Å². The molecule has 194 valence electrons. The molecule has 1 aliphatic heterocycles. The van der Waals surface area contributed by atoms with Crippen molar-refractivity contribution < 1.29 is 14.2 Å². The predicted molar refractivity (Wildman–Crippen MR) is 159 cm³/mol. The van der Waals surface area contributed by atoms with E-state index in [1.165, 1.54) is 0 Å². The molecule has 6 rings (SSSR count). The first-order chi connectivity index (χ1) is 18.8. The fraction of sp³-hybridized carbons (Fsp3) is 0.0909. The zero-order chi connectivity index (χ0) is 27.4. The van der Waals surface area contributed by atoms with Gasteiger partial charge in [-0.1, -0.05) is 72.8 Å². The summed E-state index contributed by atoms with van der Waals surface area (Å²) >= 11 is 0. The summed E-state index contributed by atoms with van der Waals surface area (Å²) in [4.78, 5) is 0. The molecule has 39 heavy (non-hydrogen) atoms. The van der Waals surface area contributed by atoms with Gasteiger partial charge in [0.2, 0.25) is 0 Å². The molecule has 6 heteroatoms. The van der Waals surface area contributed by atoms with E-state index in [0.717, 1.165) is 27.8 Å². The molecule has 0 saturated heterocycles. The van der Waals surface area contributed by atoms with Crippen molar-refractivity contribution in [3.8, 4) is 22.6 Å². The van der Waals surface area contributed by atoms with E-state index in [1.54, 1.807) is 0 Å². The number of anilines is 2. The highest BCUT2D eigenvalue weighted by Gasteiger charge is 2.58. The number of benzene rings is 5. The van der Waals surface area contributed by atoms with Crippen molar-refractivity contribution >= 4 is 24.0 Å². The van der Waals surface area contributed by atoms with E-state index >= 15 is 4.57 Å². The lowest BCUT2D eigenvalue weighted by molar-refractivity contribution is 0.462. The van der Waals surface area contributed by atoms with Gasteiger partial charge in [-0.15, -0.1) is 0 Å². The Morgan fingerprint density at radius 2 is 1.15 bits per heavy atom. The number of rotatable bonds is 4. The molecule has 0 aromatic heterocycles. The number of hydrogen-bond acceptors (Lipinski definition) is 5. The van der Waals surface area contributed by atoms with Crippen LogP contribution >= 0.6 is 7.37 Å². The topological polar surface area (TPSA) is 98.6 Å². The van der Waals surface area contributed by atoms with Crippen LogP contribution in [-0.2, 0) is 9.72 Å². The van der Waals surface area contributed by atoms with Crippen LogP contribution in [0.25, 0.3) is 11.1 Å². The average Bonchev–Trinajstić information content (AvgIpc) is 2.94. The van der Waals surface area contributed by atoms with Crippen molar-refractivity contribution in [1.82, 2.24) is 0 Å². The number of fused-ring (bicyclic) bond motifs is 3. The molecule has 5 nitrogen and oxygen atoms in total. The zero-order valence-electron chi connectivity index (χ0n) is 21.8. The van der Waals surface area contributed by atoms with Crippen LogP contribution in [0, 0.1) is 13.8 Å². The molecule has 1 unspecified atom stereocenters. The van der Waals surface area contributed by atoms with Gasteiger partial charge in [0.05, 0.1) is 5.30 Å². The monoisotopic (exact) mass is 532 g/mol. The maximum Gasteiger partial charge on any atom is 0.296 e. The van der Waals surface area contributed by atoms with Crippen LogP contribution in [0.4, 0.5) is 11.4 Å². The first-order valence-electron chi connectivity index (χ1n) is 12.8. The van der Waals surface area contributed by atoms with Gasteiger partial charge in [-0.05, 0) is 83.6 Å². The van der Waals surface area contributed by atoms with Crippen LogP contribution < -0.4 is 21.3 Å². The molecule has 5 aromatic rings. The second-order valence-corrected chi connectivity index (χ2v) is 12.5. The molecule has 0 aliphatic carbocycles. The largest absolute Gasteiger partial charge is 0.507 e. The van der Waals surface area contributed by atoms with Crippen LogP contribution in [0.3, 0.4) is 0 Å². The average molecular weight is 533 g/mol. The number of nitrogen functional groups attached to an aromatic ring is 2. The molecule has 0 spiro atoms. The highest BCUT2D eigenvalue weighted by molar-refractivity contribution is 7.69. The smallest absolute Gasteiger partial charge is 0.296 e. The van der Waals surface area contributed by atoms with E-state index in [0.29, 0.717) is 33.6 Å². The minimum absolute atomic E-state index is 0.204. The van der Waals surface area contributed by atoms with E-state index in [2.05, 4.69) is 0 Å². The molecule has 1 atom stereocenters. The SMILES string of the molecule is Cc1cc(C(c2ccc(N)cc2)(c2ccc(N)cc2)P2(=O)Oc3ccccc3-c3ccccc32)cc(C)c1O. The second-order valence-electron chi connectivity index (χ2n) is 10.1. The highest BCUT2D eigenvalue weighted by atomic mass is 31.2. The Hall–Kier alpha value is -4.47. The van der Waals surface area contributed by atoms with Gasteiger partial charge in [-0.3, -0.25) is 4.57 Å². The van der Waals surface area contributed by atoms with Crippen LogP contribution in [0.1, 0.15) is 27.8 Å². The lowest BCUT2D eigenvalue weighted by atomic mass is 9.82. The number of para-hydroxylation sites is 1. The third-order valence-corrected chi connectivity index (χ3v) is 10.8. The van der Waals surface area contributed by atoms with E-state index in [9.17, 15) is 5.11 Å². The summed E-state index contributed by atoms with van der Waals surface area (Å²) < 4.78 is 22.9. The van der Waals surface area contributed by atoms with E-state index in [1.807, 2.05) is 123 Å². The number of nitrogens with two attached hydrogens (primary N) is 2. The number of phenolic OH excluding ortho intramolecular Hbond substituents is 1. The summed E-state index contributed by atoms with van der Waals surface area (Å²) in [7, 11) is -3.89. The Labute approximate surface area is 228 Å². The Bertz CT molecular complexity index is 1690. The lowest BCUT2D eigenvalue weighted by Gasteiger charge is -2.44. The number of hydrogen-bond donors (Lipinski definition) is 3. The predicted octanol–water partition coefficient (Wildman–Crippen LogP) is 7.13. The summed E-state index contributed by atoms with van der Waals surface area (Å²) in [6.07, 6.45) is 0. The summed E-state index contributed by atoms with van der Waals surface area (Å²) in [6, 6.07) is 34.2. The van der Waals surface area contributed by atoms with Crippen molar-refractivity contribution in [2.24, 2.45) is 0 Å². The molecule has 1 heterocycles. The Balaban J connectivity index is 1.82. The molecule has 5 aromatic carbocycles. The van der Waals surface area contributed by atoms with Gasteiger partial charge >= 0.3 is 0 Å². The maximum absolute atomic E-state index is 16.2. The third-order valence-electron chi connectivity index (χ3n) is 7.63. The third kappa shape index (κ3) is 3.65.